The number of para-hydroxylation sites is 2. The maximum absolute atomic E-state index is 13.2. The summed E-state index contributed by atoms with van der Waals surface area (Å²) in [5.74, 6) is -0.137. The van der Waals surface area contributed by atoms with E-state index in [1.165, 1.54) is 10.9 Å². The minimum absolute atomic E-state index is 0.137. The van der Waals surface area contributed by atoms with E-state index in [0.717, 1.165) is 34.4 Å². The van der Waals surface area contributed by atoms with Gasteiger partial charge in [-0.1, -0.05) is 41.9 Å². The van der Waals surface area contributed by atoms with E-state index < -0.39 is 0 Å². The molecule has 6 nitrogen and oxygen atoms in total. The van der Waals surface area contributed by atoms with E-state index in [-0.39, 0.29) is 5.91 Å². The zero-order valence-electron chi connectivity index (χ0n) is 17.8. The number of benzene rings is 2. The molecule has 0 aliphatic heterocycles. The Bertz CT molecular complexity index is 1470. The molecular weight excluding hydrogens is 422 g/mol. The van der Waals surface area contributed by atoms with Gasteiger partial charge in [0.15, 0.2) is 5.65 Å². The molecule has 0 atom stereocenters. The number of aromatic amines is 1. The lowest BCUT2D eigenvalue weighted by atomic mass is 10.1. The van der Waals surface area contributed by atoms with Gasteiger partial charge in [-0.15, -0.1) is 0 Å². The summed E-state index contributed by atoms with van der Waals surface area (Å²) >= 11 is 6.40. The van der Waals surface area contributed by atoms with E-state index >= 15 is 0 Å². The van der Waals surface area contributed by atoms with Crippen molar-refractivity contribution in [2.24, 2.45) is 0 Å². The van der Waals surface area contributed by atoms with Gasteiger partial charge in [-0.05, 0) is 50.1 Å². The Labute approximate surface area is 190 Å². The Morgan fingerprint density at radius 2 is 1.91 bits per heavy atom. The van der Waals surface area contributed by atoms with Crippen molar-refractivity contribution >= 4 is 39.4 Å². The Hall–Kier alpha value is -3.64. The third-order valence-corrected chi connectivity index (χ3v) is 5.94. The van der Waals surface area contributed by atoms with Crippen LogP contribution in [0.4, 0.5) is 0 Å². The number of aromatic nitrogens is 4. The molecule has 7 heteroatoms. The maximum Gasteiger partial charge on any atom is 0.252 e. The van der Waals surface area contributed by atoms with Gasteiger partial charge in [0.05, 0.1) is 27.4 Å². The second-order valence-corrected chi connectivity index (χ2v) is 8.23. The smallest absolute Gasteiger partial charge is 0.252 e. The normalized spacial score (nSPS) is 11.3. The minimum Gasteiger partial charge on any atom is -0.361 e. The van der Waals surface area contributed by atoms with E-state index in [4.69, 9.17) is 11.6 Å². The lowest BCUT2D eigenvalue weighted by Crippen LogP contribution is -2.26. The summed E-state index contributed by atoms with van der Waals surface area (Å²) in [6, 6.07) is 17.5. The van der Waals surface area contributed by atoms with Crippen LogP contribution in [0.25, 0.3) is 27.6 Å². The maximum atomic E-state index is 13.2. The third-order valence-electron chi connectivity index (χ3n) is 5.62. The average molecular weight is 444 g/mol. The van der Waals surface area contributed by atoms with Crippen molar-refractivity contribution in [3.05, 3.63) is 88.3 Å². The van der Waals surface area contributed by atoms with Crippen LogP contribution in [0.3, 0.4) is 0 Å². The molecule has 0 bridgehead atoms. The third kappa shape index (κ3) is 3.52. The number of carbonyl (C=O) groups is 1. The summed E-state index contributed by atoms with van der Waals surface area (Å²) in [6.45, 7) is 4.29. The number of fused-ring (bicyclic) bond motifs is 2. The van der Waals surface area contributed by atoms with E-state index in [0.29, 0.717) is 22.8 Å². The SMILES string of the molecule is Cc1cc(C(=O)NCCc2c[nH]c3ccccc23)c2c(C)nn(-c3ccccc3Cl)c2n1. The number of aryl methyl sites for hydroxylation is 2. The fourth-order valence-electron chi connectivity index (χ4n) is 4.13. The van der Waals surface area contributed by atoms with E-state index in [9.17, 15) is 4.79 Å². The Morgan fingerprint density at radius 3 is 2.75 bits per heavy atom. The van der Waals surface area contributed by atoms with Crippen molar-refractivity contribution in [2.75, 3.05) is 6.54 Å². The largest absolute Gasteiger partial charge is 0.361 e. The van der Waals surface area contributed by atoms with Crippen LogP contribution in [0.1, 0.15) is 27.3 Å². The predicted molar refractivity (Wildman–Crippen MR) is 128 cm³/mol. The van der Waals surface area contributed by atoms with Crippen LogP contribution in [0.15, 0.2) is 60.8 Å². The van der Waals surface area contributed by atoms with Crippen LogP contribution in [-0.2, 0) is 6.42 Å². The van der Waals surface area contributed by atoms with Crippen LogP contribution < -0.4 is 5.32 Å². The van der Waals surface area contributed by atoms with Crippen molar-refractivity contribution in [3.8, 4) is 5.69 Å². The molecule has 3 aromatic heterocycles. The number of carbonyl (C=O) groups excluding carboxylic acids is 1. The highest BCUT2D eigenvalue weighted by Gasteiger charge is 2.20. The fourth-order valence-corrected chi connectivity index (χ4v) is 4.34. The summed E-state index contributed by atoms with van der Waals surface area (Å²) in [7, 11) is 0. The topological polar surface area (TPSA) is 75.6 Å². The van der Waals surface area contributed by atoms with Gasteiger partial charge in [0.1, 0.15) is 0 Å². The molecule has 0 spiro atoms. The van der Waals surface area contributed by atoms with Gasteiger partial charge in [0.2, 0.25) is 0 Å². The van der Waals surface area contributed by atoms with E-state index in [2.05, 4.69) is 26.4 Å². The van der Waals surface area contributed by atoms with E-state index in [1.807, 2.05) is 68.6 Å². The Morgan fingerprint density at radius 1 is 1.12 bits per heavy atom. The van der Waals surface area contributed by atoms with Crippen LogP contribution in [0, 0.1) is 13.8 Å². The number of pyridine rings is 1. The first-order valence-corrected chi connectivity index (χ1v) is 10.9. The van der Waals surface area contributed by atoms with Crippen LogP contribution in [0.2, 0.25) is 5.02 Å². The summed E-state index contributed by atoms with van der Waals surface area (Å²) in [4.78, 5) is 21.1. The van der Waals surface area contributed by atoms with Crippen molar-refractivity contribution in [1.29, 1.82) is 0 Å². The summed E-state index contributed by atoms with van der Waals surface area (Å²) in [6.07, 6.45) is 2.74. The number of nitrogens with zero attached hydrogens (tertiary/aromatic N) is 3. The molecule has 2 N–H and O–H groups in total. The minimum atomic E-state index is -0.137. The molecule has 0 saturated heterocycles. The number of hydrogen-bond donors (Lipinski definition) is 2. The summed E-state index contributed by atoms with van der Waals surface area (Å²) in [5.41, 5.74) is 5.68. The lowest BCUT2D eigenvalue weighted by molar-refractivity contribution is 0.0955. The average Bonchev–Trinajstić information content (AvgIpc) is 3.34. The predicted octanol–water partition coefficient (Wildman–Crippen LogP) is 5.14. The highest BCUT2D eigenvalue weighted by molar-refractivity contribution is 6.32. The second-order valence-electron chi connectivity index (χ2n) is 7.82. The quantitative estimate of drug-likeness (QED) is 0.394. The molecule has 0 radical (unpaired) electrons. The molecule has 2 aromatic carbocycles. The highest BCUT2D eigenvalue weighted by atomic mass is 35.5. The molecule has 0 unspecified atom stereocenters. The number of halogens is 1. The molecule has 0 aliphatic carbocycles. The van der Waals surface area contributed by atoms with Crippen LogP contribution in [-0.4, -0.2) is 32.2 Å². The van der Waals surface area contributed by atoms with Crippen LogP contribution in [0.5, 0.6) is 0 Å². The Kier molecular flexibility index (Phi) is 5.15. The van der Waals surface area contributed by atoms with Gasteiger partial charge in [-0.2, -0.15) is 5.10 Å². The van der Waals surface area contributed by atoms with Crippen molar-refractivity contribution in [1.82, 2.24) is 25.1 Å². The number of H-pyrrole nitrogens is 1. The van der Waals surface area contributed by atoms with Crippen molar-refractivity contribution < 1.29 is 4.79 Å². The molecule has 1 amide bonds. The first-order valence-electron chi connectivity index (χ1n) is 10.5. The molecule has 32 heavy (non-hydrogen) atoms. The van der Waals surface area contributed by atoms with E-state index in [1.54, 1.807) is 4.68 Å². The molecule has 0 aliphatic rings. The van der Waals surface area contributed by atoms with Crippen molar-refractivity contribution in [3.63, 3.8) is 0 Å². The van der Waals surface area contributed by atoms with Gasteiger partial charge in [0, 0.05) is 29.3 Å². The lowest BCUT2D eigenvalue weighted by Gasteiger charge is -2.09. The monoisotopic (exact) mass is 443 g/mol. The summed E-state index contributed by atoms with van der Waals surface area (Å²) in [5, 5.41) is 10.2. The van der Waals surface area contributed by atoms with Gasteiger partial charge in [-0.25, -0.2) is 9.67 Å². The van der Waals surface area contributed by atoms with Gasteiger partial charge in [0.25, 0.3) is 5.91 Å². The van der Waals surface area contributed by atoms with Gasteiger partial charge in [-0.3, -0.25) is 4.79 Å². The van der Waals surface area contributed by atoms with Gasteiger partial charge < -0.3 is 10.3 Å². The number of nitrogens with one attached hydrogen (secondary N) is 2. The molecule has 5 rings (SSSR count). The highest BCUT2D eigenvalue weighted by Crippen LogP contribution is 2.28. The number of hydrogen-bond acceptors (Lipinski definition) is 3. The summed E-state index contributed by atoms with van der Waals surface area (Å²) < 4.78 is 1.71. The van der Waals surface area contributed by atoms with Crippen LogP contribution >= 0.6 is 11.6 Å². The first-order chi connectivity index (χ1) is 15.5. The fraction of sp³-hybridized carbons (Fsp3) is 0.160. The zero-order valence-corrected chi connectivity index (χ0v) is 18.6. The molecule has 0 fully saturated rings. The molecule has 3 heterocycles. The standard InChI is InChI=1S/C25H22ClN5O/c1-15-13-19(25(32)27-12-11-17-14-28-21-9-5-3-7-18(17)21)23-16(2)30-31(24(23)29-15)22-10-6-4-8-20(22)26/h3-10,13-14,28H,11-12H2,1-2H3,(H,27,32). The first kappa shape index (κ1) is 20.3. The number of amides is 1. The molecule has 5 aromatic rings. The number of rotatable bonds is 5. The van der Waals surface area contributed by atoms with Gasteiger partial charge >= 0.3 is 0 Å². The van der Waals surface area contributed by atoms with Crippen molar-refractivity contribution in [2.45, 2.75) is 20.3 Å². The molecular formula is C25H22ClN5O. The molecule has 0 saturated carbocycles. The molecule has 160 valence electrons. The Balaban J connectivity index is 1.44. The zero-order chi connectivity index (χ0) is 22.2. The second kappa shape index (κ2) is 8.13.